The summed E-state index contributed by atoms with van der Waals surface area (Å²) in [6.45, 7) is 5.63. The molecule has 7 rings (SSSR count). The maximum atomic E-state index is 17.0. The van der Waals surface area contributed by atoms with Gasteiger partial charge in [0, 0.05) is 22.6 Å². The Kier molecular flexibility index (Phi) is 9.06. The van der Waals surface area contributed by atoms with Gasteiger partial charge in [0.25, 0.3) is 6.47 Å². The van der Waals surface area contributed by atoms with Crippen LogP contribution in [0, 0.1) is 18.6 Å². The van der Waals surface area contributed by atoms with Crippen LogP contribution in [0.5, 0.6) is 11.9 Å². The van der Waals surface area contributed by atoms with Crippen LogP contribution in [0.1, 0.15) is 43.0 Å². The number of carbonyl (C=O) groups is 1. The third kappa shape index (κ3) is 6.03. The lowest BCUT2D eigenvalue weighted by Crippen LogP contribution is -2.48. The van der Waals surface area contributed by atoms with Crippen LogP contribution >= 0.6 is 0 Å². The van der Waals surface area contributed by atoms with Gasteiger partial charge in [-0.05, 0) is 58.5 Å². The largest absolute Gasteiger partial charge is 0.483 e. The first-order valence-electron chi connectivity index (χ1n) is 15.4. The van der Waals surface area contributed by atoms with Crippen LogP contribution in [0.15, 0.2) is 24.5 Å². The van der Waals surface area contributed by atoms with Crippen molar-refractivity contribution in [1.82, 2.24) is 35.0 Å². The Hall–Kier alpha value is -5.39. The quantitative estimate of drug-likeness (QED) is 0.155. The first-order chi connectivity index (χ1) is 23.7. The van der Waals surface area contributed by atoms with E-state index in [1.165, 1.54) is 25.3 Å². The maximum absolute atomic E-state index is 17.0. The highest BCUT2D eigenvalue weighted by Gasteiger charge is 2.40. The molecule has 50 heavy (non-hydrogen) atoms. The van der Waals surface area contributed by atoms with Crippen LogP contribution < -0.4 is 20.1 Å². The van der Waals surface area contributed by atoms with E-state index in [1.54, 1.807) is 18.7 Å². The lowest BCUT2D eigenvalue weighted by molar-refractivity contribution is -0.137. The van der Waals surface area contributed by atoms with E-state index in [4.69, 9.17) is 25.1 Å². The number of fused-ring (bicyclic) bond motifs is 1. The van der Waals surface area contributed by atoms with Gasteiger partial charge in [0.05, 0.1) is 35.6 Å². The van der Waals surface area contributed by atoms with Crippen LogP contribution in [0.2, 0.25) is 0 Å². The first-order valence-corrected chi connectivity index (χ1v) is 15.4. The third-order valence-corrected chi connectivity index (χ3v) is 8.98. The minimum absolute atomic E-state index is 0.0168. The van der Waals surface area contributed by atoms with E-state index >= 15 is 4.39 Å². The van der Waals surface area contributed by atoms with E-state index in [0.717, 1.165) is 19.2 Å². The SMILES string of the molecule is Cc1cc2[nH]ncc2c(-c2nc3c4c(nc(OC[C@H]5CCN5C)nc4c2F)N([C@H](C)c2cc(F)cnc2N)[C@@H](C)CO3)c1C(F)(F)F.O=CO. The molecule has 0 spiro atoms. The first kappa shape index (κ1) is 34.5. The molecular formula is C32H32F5N9O4. The lowest BCUT2D eigenvalue weighted by atomic mass is 9.94. The van der Waals surface area contributed by atoms with Crippen LogP contribution in [-0.2, 0) is 11.0 Å². The average Bonchev–Trinajstić information content (AvgIpc) is 3.47. The molecule has 2 aliphatic rings. The molecule has 0 bridgehead atoms. The Balaban J connectivity index is 0.00000139. The molecule has 0 aliphatic carbocycles. The van der Waals surface area contributed by atoms with Gasteiger partial charge in [-0.15, -0.1) is 0 Å². The number of nitrogens with one attached hydrogen (secondary N) is 1. The van der Waals surface area contributed by atoms with Gasteiger partial charge in [0.2, 0.25) is 5.88 Å². The predicted octanol–water partition coefficient (Wildman–Crippen LogP) is 5.28. The van der Waals surface area contributed by atoms with Crippen molar-refractivity contribution in [2.75, 3.05) is 37.4 Å². The molecule has 4 aromatic heterocycles. The molecule has 13 nitrogen and oxygen atoms in total. The number of hydrogen-bond donors (Lipinski definition) is 3. The zero-order valence-electron chi connectivity index (χ0n) is 27.2. The average molecular weight is 702 g/mol. The zero-order chi connectivity index (χ0) is 36.1. The Morgan fingerprint density at radius 3 is 2.62 bits per heavy atom. The van der Waals surface area contributed by atoms with Gasteiger partial charge >= 0.3 is 12.2 Å². The smallest absolute Gasteiger partial charge is 0.417 e. The summed E-state index contributed by atoms with van der Waals surface area (Å²) in [5.74, 6) is -1.70. The molecule has 264 valence electrons. The van der Waals surface area contributed by atoms with Crippen molar-refractivity contribution in [3.8, 4) is 23.1 Å². The highest BCUT2D eigenvalue weighted by Crippen LogP contribution is 2.47. The van der Waals surface area contributed by atoms with E-state index in [2.05, 4.69) is 35.0 Å². The topological polar surface area (TPSA) is 168 Å². The molecule has 5 aromatic rings. The molecule has 1 fully saturated rings. The zero-order valence-corrected chi connectivity index (χ0v) is 27.2. The standard InChI is InChI=1S/C31H30F5N9O2.CH2O2/c1-13-7-20-19(10-39-43-20)21(23(13)31(34,35)36)25-24(33)26-22-28(42-30(41-26)47-12-17-5-6-44(17)4)45(14(2)11-46-29(22)40-25)15(3)18-8-16(32)9-38-27(18)37;2-1-3/h7-10,14-15,17H,5-6,11-12H2,1-4H3,(H2,37,38)(H,39,43);1H,(H,2,3)/t14-,15+,17+;/m0./s1. The number of alkyl halides is 3. The second-order valence-electron chi connectivity index (χ2n) is 12.1. The van der Waals surface area contributed by atoms with Crippen molar-refractivity contribution in [1.29, 1.82) is 0 Å². The number of likely N-dealkylation sites (N-methyl/N-ethyl adjacent to an activating group) is 1. The molecule has 0 amide bonds. The van der Waals surface area contributed by atoms with E-state index < -0.39 is 46.7 Å². The summed E-state index contributed by atoms with van der Waals surface area (Å²) < 4.78 is 87.2. The minimum atomic E-state index is -4.86. The molecule has 6 heterocycles. The van der Waals surface area contributed by atoms with Gasteiger partial charge in [-0.1, -0.05) is 0 Å². The van der Waals surface area contributed by atoms with Crippen LogP contribution in [0.4, 0.5) is 33.6 Å². The number of nitrogens with two attached hydrogens (primary N) is 1. The Morgan fingerprint density at radius 2 is 1.96 bits per heavy atom. The third-order valence-electron chi connectivity index (χ3n) is 8.98. The Bertz CT molecular complexity index is 2090. The Labute approximate surface area is 281 Å². The number of likely N-dealkylation sites (tertiary alicyclic amines) is 1. The number of pyridine rings is 2. The van der Waals surface area contributed by atoms with Gasteiger partial charge in [-0.2, -0.15) is 28.2 Å². The molecular weight excluding hydrogens is 669 g/mol. The molecule has 0 unspecified atom stereocenters. The summed E-state index contributed by atoms with van der Waals surface area (Å²) in [7, 11) is 1.94. The van der Waals surface area contributed by atoms with Crippen LogP contribution in [0.3, 0.4) is 0 Å². The van der Waals surface area contributed by atoms with Gasteiger partial charge in [-0.25, -0.2) is 18.7 Å². The predicted molar refractivity (Wildman–Crippen MR) is 172 cm³/mol. The summed E-state index contributed by atoms with van der Waals surface area (Å²) in [6, 6.07) is 1.27. The Morgan fingerprint density at radius 1 is 1.22 bits per heavy atom. The molecule has 0 radical (unpaired) electrons. The second kappa shape index (κ2) is 13.1. The number of benzene rings is 1. The molecule has 18 heteroatoms. The highest BCUT2D eigenvalue weighted by atomic mass is 19.4. The van der Waals surface area contributed by atoms with Gasteiger partial charge in [0.1, 0.15) is 47.3 Å². The summed E-state index contributed by atoms with van der Waals surface area (Å²) in [5, 5.41) is 13.5. The number of nitrogen functional groups attached to an aromatic ring is 1. The van der Waals surface area contributed by atoms with Crippen molar-refractivity contribution in [3.05, 3.63) is 52.9 Å². The number of halogens is 5. The number of hydrogen-bond acceptors (Lipinski definition) is 11. The van der Waals surface area contributed by atoms with E-state index in [-0.39, 0.29) is 76.6 Å². The number of carboxylic acid groups (broad SMARTS) is 1. The number of rotatable bonds is 6. The number of anilines is 2. The molecule has 2 aliphatic heterocycles. The number of nitrogens with zero attached hydrogens (tertiary/aromatic N) is 7. The molecule has 1 saturated heterocycles. The number of aromatic amines is 1. The normalized spacial score (nSPS) is 18.1. The van der Waals surface area contributed by atoms with E-state index in [0.29, 0.717) is 5.56 Å². The highest BCUT2D eigenvalue weighted by molar-refractivity contribution is 6.02. The fraction of sp³-hybridized carbons (Fsp3) is 0.375. The number of aryl methyl sites for hydroxylation is 1. The van der Waals surface area contributed by atoms with Crippen molar-refractivity contribution in [3.63, 3.8) is 0 Å². The van der Waals surface area contributed by atoms with Crippen molar-refractivity contribution >= 4 is 39.9 Å². The number of ether oxygens (including phenoxy) is 2. The van der Waals surface area contributed by atoms with Crippen molar-refractivity contribution < 1.29 is 41.3 Å². The monoisotopic (exact) mass is 701 g/mol. The second-order valence-corrected chi connectivity index (χ2v) is 12.1. The summed E-state index contributed by atoms with van der Waals surface area (Å²) in [6.07, 6.45) is -1.79. The summed E-state index contributed by atoms with van der Waals surface area (Å²) in [4.78, 5) is 29.6. The fourth-order valence-corrected chi connectivity index (χ4v) is 6.42. The molecule has 3 atom stereocenters. The van der Waals surface area contributed by atoms with Crippen LogP contribution in [0.25, 0.3) is 33.1 Å². The molecule has 0 saturated carbocycles. The fourth-order valence-electron chi connectivity index (χ4n) is 6.42. The van der Waals surface area contributed by atoms with Crippen molar-refractivity contribution in [2.45, 2.75) is 51.5 Å². The van der Waals surface area contributed by atoms with Gasteiger partial charge in [0.15, 0.2) is 5.82 Å². The molecule has 1 aromatic carbocycles. The van der Waals surface area contributed by atoms with E-state index in [1.807, 2.05) is 7.05 Å². The minimum Gasteiger partial charge on any atom is -0.483 e. The number of H-pyrrole nitrogens is 1. The maximum Gasteiger partial charge on any atom is 0.417 e. The van der Waals surface area contributed by atoms with Crippen LogP contribution in [-0.4, -0.2) is 85.5 Å². The van der Waals surface area contributed by atoms with E-state index in [9.17, 15) is 17.6 Å². The number of aromatic nitrogens is 6. The van der Waals surface area contributed by atoms with Gasteiger partial charge < -0.3 is 25.2 Å². The summed E-state index contributed by atoms with van der Waals surface area (Å²) >= 11 is 0. The molecule has 4 N–H and O–H groups in total. The lowest BCUT2D eigenvalue weighted by Gasteiger charge is -2.37. The van der Waals surface area contributed by atoms with Gasteiger partial charge in [-0.3, -0.25) is 14.8 Å². The summed E-state index contributed by atoms with van der Waals surface area (Å²) in [5.41, 5.74) is 4.09. The van der Waals surface area contributed by atoms with Crippen molar-refractivity contribution in [2.24, 2.45) is 0 Å².